The number of rotatable bonds is 3. The first-order valence-corrected chi connectivity index (χ1v) is 5.49. The van der Waals surface area contributed by atoms with Gasteiger partial charge >= 0.3 is 0 Å². The molecule has 2 heteroatoms. The summed E-state index contributed by atoms with van der Waals surface area (Å²) in [5, 5.41) is 3.06. The summed E-state index contributed by atoms with van der Waals surface area (Å²) in [5.41, 5.74) is 3.03. The summed E-state index contributed by atoms with van der Waals surface area (Å²) in [5.74, 6) is -0.210. The van der Waals surface area contributed by atoms with E-state index >= 15 is 0 Å². The van der Waals surface area contributed by atoms with Crippen molar-refractivity contribution in [3.05, 3.63) is 65.5 Å². The third kappa shape index (κ3) is 3.18. The topological polar surface area (TPSA) is 12.0 Å². The maximum Gasteiger partial charge on any atom is 0.123 e. The van der Waals surface area contributed by atoms with E-state index in [1.165, 1.54) is 12.1 Å². The summed E-state index contributed by atoms with van der Waals surface area (Å²) in [6.45, 7) is 0. The number of halogens is 1. The van der Waals surface area contributed by atoms with Crippen LogP contribution in [0.5, 0.6) is 0 Å². The Bertz CT molecular complexity index is 515. The summed E-state index contributed by atoms with van der Waals surface area (Å²) in [7, 11) is 1.89. The van der Waals surface area contributed by atoms with Crippen LogP contribution in [-0.2, 0) is 0 Å². The molecule has 2 aromatic rings. The molecule has 0 bridgehead atoms. The quantitative estimate of drug-likeness (QED) is 0.780. The summed E-state index contributed by atoms with van der Waals surface area (Å²) < 4.78 is 12.9. The Labute approximate surface area is 101 Å². The van der Waals surface area contributed by atoms with Crippen molar-refractivity contribution in [3.8, 4) is 0 Å². The van der Waals surface area contributed by atoms with Crippen molar-refractivity contribution in [2.45, 2.75) is 0 Å². The van der Waals surface area contributed by atoms with E-state index in [1.807, 2.05) is 49.5 Å². The Hall–Kier alpha value is -2.09. The van der Waals surface area contributed by atoms with Crippen molar-refractivity contribution in [3.63, 3.8) is 0 Å². The molecule has 0 heterocycles. The average molecular weight is 227 g/mol. The molecule has 0 fully saturated rings. The zero-order chi connectivity index (χ0) is 12.1. The Morgan fingerprint density at radius 1 is 0.941 bits per heavy atom. The fourth-order valence-electron chi connectivity index (χ4n) is 1.56. The van der Waals surface area contributed by atoms with Crippen molar-refractivity contribution in [2.75, 3.05) is 12.4 Å². The van der Waals surface area contributed by atoms with Gasteiger partial charge in [0.25, 0.3) is 0 Å². The lowest BCUT2D eigenvalue weighted by molar-refractivity contribution is 0.627. The van der Waals surface area contributed by atoms with E-state index in [1.54, 1.807) is 6.07 Å². The lowest BCUT2D eigenvalue weighted by Crippen LogP contribution is -1.86. The molecule has 0 atom stereocenters. The van der Waals surface area contributed by atoms with Crippen LogP contribution in [0.15, 0.2) is 48.5 Å². The van der Waals surface area contributed by atoms with Gasteiger partial charge in [0.15, 0.2) is 0 Å². The molecule has 0 unspecified atom stereocenters. The predicted molar refractivity (Wildman–Crippen MR) is 71.3 cm³/mol. The standard InChI is InChI=1S/C15H14FN/c1-17-15-9-7-12(8-10-15)5-6-13-3-2-4-14(16)11-13/h2-11,17H,1H3. The Morgan fingerprint density at radius 2 is 1.65 bits per heavy atom. The lowest BCUT2D eigenvalue weighted by atomic mass is 10.1. The molecule has 0 aromatic heterocycles. The Kier molecular flexibility index (Phi) is 3.55. The molecule has 17 heavy (non-hydrogen) atoms. The highest BCUT2D eigenvalue weighted by atomic mass is 19.1. The van der Waals surface area contributed by atoms with Crippen LogP contribution in [0.25, 0.3) is 12.2 Å². The Balaban J connectivity index is 2.14. The molecule has 2 aromatic carbocycles. The first-order valence-electron chi connectivity index (χ1n) is 5.49. The van der Waals surface area contributed by atoms with Gasteiger partial charge in [0, 0.05) is 12.7 Å². The minimum atomic E-state index is -0.210. The van der Waals surface area contributed by atoms with Gasteiger partial charge in [-0.05, 0) is 35.4 Å². The predicted octanol–water partition coefficient (Wildman–Crippen LogP) is 4.04. The minimum absolute atomic E-state index is 0.210. The van der Waals surface area contributed by atoms with E-state index < -0.39 is 0 Å². The molecule has 0 saturated carbocycles. The van der Waals surface area contributed by atoms with E-state index in [2.05, 4.69) is 5.32 Å². The van der Waals surface area contributed by atoms with Crippen LogP contribution in [0, 0.1) is 5.82 Å². The number of benzene rings is 2. The molecule has 1 nitrogen and oxygen atoms in total. The van der Waals surface area contributed by atoms with Crippen LogP contribution < -0.4 is 5.32 Å². The fourth-order valence-corrected chi connectivity index (χ4v) is 1.56. The van der Waals surface area contributed by atoms with Gasteiger partial charge in [-0.25, -0.2) is 4.39 Å². The SMILES string of the molecule is CNc1ccc(C=Cc2cccc(F)c2)cc1. The van der Waals surface area contributed by atoms with Crippen molar-refractivity contribution in [2.24, 2.45) is 0 Å². The van der Waals surface area contributed by atoms with Crippen LogP contribution >= 0.6 is 0 Å². The van der Waals surface area contributed by atoms with Gasteiger partial charge in [0.2, 0.25) is 0 Å². The molecule has 0 aliphatic carbocycles. The van der Waals surface area contributed by atoms with Gasteiger partial charge in [-0.2, -0.15) is 0 Å². The first-order chi connectivity index (χ1) is 8.28. The third-order valence-electron chi connectivity index (χ3n) is 2.52. The normalized spacial score (nSPS) is 10.7. The van der Waals surface area contributed by atoms with E-state index in [9.17, 15) is 4.39 Å². The smallest absolute Gasteiger partial charge is 0.123 e. The molecule has 0 saturated heterocycles. The van der Waals surface area contributed by atoms with Crippen LogP contribution in [-0.4, -0.2) is 7.05 Å². The zero-order valence-electron chi connectivity index (χ0n) is 9.65. The van der Waals surface area contributed by atoms with Gasteiger partial charge in [0.05, 0.1) is 0 Å². The van der Waals surface area contributed by atoms with Crippen LogP contribution in [0.2, 0.25) is 0 Å². The van der Waals surface area contributed by atoms with Crippen LogP contribution in [0.3, 0.4) is 0 Å². The molecule has 2 rings (SSSR count). The third-order valence-corrected chi connectivity index (χ3v) is 2.52. The number of hydrogen-bond donors (Lipinski definition) is 1. The van der Waals surface area contributed by atoms with E-state index in [0.29, 0.717) is 0 Å². The van der Waals surface area contributed by atoms with E-state index in [4.69, 9.17) is 0 Å². The Morgan fingerprint density at radius 3 is 2.29 bits per heavy atom. The van der Waals surface area contributed by atoms with Gasteiger partial charge < -0.3 is 5.32 Å². The van der Waals surface area contributed by atoms with Crippen LogP contribution in [0.4, 0.5) is 10.1 Å². The highest BCUT2D eigenvalue weighted by Gasteiger charge is 1.91. The maximum atomic E-state index is 12.9. The molecule has 86 valence electrons. The largest absolute Gasteiger partial charge is 0.388 e. The summed E-state index contributed by atoms with van der Waals surface area (Å²) in [6, 6.07) is 14.6. The number of hydrogen-bond acceptors (Lipinski definition) is 1. The molecular weight excluding hydrogens is 213 g/mol. The monoisotopic (exact) mass is 227 g/mol. The van der Waals surface area contributed by atoms with Gasteiger partial charge in [0.1, 0.15) is 5.82 Å². The van der Waals surface area contributed by atoms with Gasteiger partial charge in [-0.15, -0.1) is 0 Å². The number of anilines is 1. The van der Waals surface area contributed by atoms with Crippen LogP contribution in [0.1, 0.15) is 11.1 Å². The van der Waals surface area contributed by atoms with Crippen molar-refractivity contribution in [1.29, 1.82) is 0 Å². The highest BCUT2D eigenvalue weighted by molar-refractivity contribution is 5.70. The van der Waals surface area contributed by atoms with Gasteiger partial charge in [-0.1, -0.05) is 36.4 Å². The average Bonchev–Trinajstić information content (AvgIpc) is 2.37. The summed E-state index contributed by atoms with van der Waals surface area (Å²) in [4.78, 5) is 0. The number of nitrogens with one attached hydrogen (secondary N) is 1. The highest BCUT2D eigenvalue weighted by Crippen LogP contribution is 2.12. The van der Waals surface area contributed by atoms with E-state index in [-0.39, 0.29) is 5.82 Å². The fraction of sp³-hybridized carbons (Fsp3) is 0.0667. The molecule has 0 aliphatic rings. The van der Waals surface area contributed by atoms with Crippen molar-refractivity contribution < 1.29 is 4.39 Å². The zero-order valence-corrected chi connectivity index (χ0v) is 9.65. The van der Waals surface area contributed by atoms with E-state index in [0.717, 1.165) is 16.8 Å². The molecule has 0 amide bonds. The second kappa shape index (κ2) is 5.30. The molecule has 1 N–H and O–H groups in total. The molecule has 0 radical (unpaired) electrons. The molecular formula is C15H14FN. The second-order valence-electron chi connectivity index (χ2n) is 3.76. The van der Waals surface area contributed by atoms with Crippen molar-refractivity contribution in [1.82, 2.24) is 0 Å². The minimum Gasteiger partial charge on any atom is -0.388 e. The second-order valence-corrected chi connectivity index (χ2v) is 3.76. The maximum absolute atomic E-state index is 12.9. The van der Waals surface area contributed by atoms with Gasteiger partial charge in [-0.3, -0.25) is 0 Å². The molecule has 0 spiro atoms. The van der Waals surface area contributed by atoms with Crippen molar-refractivity contribution >= 4 is 17.8 Å². The lowest BCUT2D eigenvalue weighted by Gasteiger charge is -1.99. The summed E-state index contributed by atoms with van der Waals surface area (Å²) >= 11 is 0. The first kappa shape index (κ1) is 11.4. The summed E-state index contributed by atoms with van der Waals surface area (Å²) in [6.07, 6.45) is 3.87. The molecule has 0 aliphatic heterocycles.